The van der Waals surface area contributed by atoms with Crippen LogP contribution in [0.1, 0.15) is 66.7 Å². The molecule has 142 valence electrons. The molecule has 1 N–H and O–H groups in total. The minimum Gasteiger partial charge on any atom is -0.444 e. The Labute approximate surface area is 151 Å². The molecular weight excluding hydrogens is 316 g/mol. The maximum absolute atomic E-state index is 13.2. The Bertz CT molecular complexity index is 518. The van der Waals surface area contributed by atoms with Crippen LogP contribution in [0.5, 0.6) is 0 Å². The van der Waals surface area contributed by atoms with Gasteiger partial charge in [-0.3, -0.25) is 4.79 Å². The molecule has 3 rings (SSSR count). The van der Waals surface area contributed by atoms with Crippen LogP contribution in [0.25, 0.3) is 0 Å². The van der Waals surface area contributed by atoms with Crippen molar-refractivity contribution in [2.45, 2.75) is 78.4 Å². The van der Waals surface area contributed by atoms with E-state index in [9.17, 15) is 9.59 Å². The maximum Gasteiger partial charge on any atom is 0.408 e. The van der Waals surface area contributed by atoms with Gasteiger partial charge in [0.15, 0.2) is 0 Å². The molecule has 3 fully saturated rings. The lowest BCUT2D eigenvalue weighted by Crippen LogP contribution is -2.53. The summed E-state index contributed by atoms with van der Waals surface area (Å²) in [5, 5.41) is 2.92. The number of nitrogens with zero attached hydrogens (tertiary/aromatic N) is 1. The monoisotopic (exact) mass is 350 g/mol. The highest BCUT2D eigenvalue weighted by molar-refractivity contribution is 5.86. The second-order valence-corrected chi connectivity index (χ2v) is 9.80. The topological polar surface area (TPSA) is 58.6 Å². The number of alkyl carbamates (subject to hydrolysis) is 1. The summed E-state index contributed by atoms with van der Waals surface area (Å²) in [5.41, 5.74) is -0.167. The van der Waals surface area contributed by atoms with Crippen molar-refractivity contribution in [3.8, 4) is 0 Å². The van der Waals surface area contributed by atoms with Gasteiger partial charge in [-0.1, -0.05) is 33.1 Å². The highest BCUT2D eigenvalue weighted by atomic mass is 16.6. The van der Waals surface area contributed by atoms with Gasteiger partial charge in [0.2, 0.25) is 5.91 Å². The second kappa shape index (κ2) is 6.48. The van der Waals surface area contributed by atoms with Crippen LogP contribution in [-0.4, -0.2) is 41.6 Å². The van der Waals surface area contributed by atoms with E-state index in [-0.39, 0.29) is 11.8 Å². The zero-order valence-electron chi connectivity index (χ0n) is 16.4. The van der Waals surface area contributed by atoms with Crippen LogP contribution in [0.2, 0.25) is 0 Å². The van der Waals surface area contributed by atoms with Crippen LogP contribution < -0.4 is 5.32 Å². The molecule has 1 aliphatic heterocycles. The summed E-state index contributed by atoms with van der Waals surface area (Å²) in [5.74, 6) is 1.59. The molecule has 2 aliphatic carbocycles. The highest BCUT2D eigenvalue weighted by Gasteiger charge is 2.63. The molecule has 0 aromatic carbocycles. The number of carbonyl (C=O) groups excluding carboxylic acids is 2. The van der Waals surface area contributed by atoms with Gasteiger partial charge < -0.3 is 15.0 Å². The van der Waals surface area contributed by atoms with Gasteiger partial charge in [0, 0.05) is 13.1 Å². The van der Waals surface area contributed by atoms with E-state index in [1.807, 2.05) is 25.7 Å². The molecule has 0 spiro atoms. The number of hydrogen-bond donors (Lipinski definition) is 1. The van der Waals surface area contributed by atoms with Crippen molar-refractivity contribution < 1.29 is 14.3 Å². The number of ether oxygens (including phenoxy) is 1. The molecule has 5 heteroatoms. The fraction of sp³-hybridized carbons (Fsp3) is 0.900. The van der Waals surface area contributed by atoms with Crippen LogP contribution in [-0.2, 0) is 9.53 Å². The summed E-state index contributed by atoms with van der Waals surface area (Å²) in [4.78, 5) is 27.5. The van der Waals surface area contributed by atoms with E-state index in [0.29, 0.717) is 17.3 Å². The summed E-state index contributed by atoms with van der Waals surface area (Å²) < 4.78 is 5.41. The first-order chi connectivity index (χ1) is 11.6. The number of piperidine rings is 1. The maximum atomic E-state index is 13.2. The largest absolute Gasteiger partial charge is 0.444 e. The van der Waals surface area contributed by atoms with Crippen LogP contribution in [0.3, 0.4) is 0 Å². The van der Waals surface area contributed by atoms with Gasteiger partial charge in [-0.25, -0.2) is 4.79 Å². The normalized spacial score (nSPS) is 29.7. The Hall–Kier alpha value is -1.26. The molecule has 3 atom stereocenters. The summed E-state index contributed by atoms with van der Waals surface area (Å²) in [7, 11) is 0. The molecule has 0 aromatic rings. The quantitative estimate of drug-likeness (QED) is 0.846. The number of amides is 2. The molecule has 25 heavy (non-hydrogen) atoms. The summed E-state index contributed by atoms with van der Waals surface area (Å²) in [6, 6.07) is -0.434. The van der Waals surface area contributed by atoms with Crippen molar-refractivity contribution in [1.29, 1.82) is 0 Å². The molecule has 1 heterocycles. The lowest BCUT2D eigenvalue weighted by atomic mass is 9.83. The molecule has 3 aliphatic rings. The van der Waals surface area contributed by atoms with Gasteiger partial charge >= 0.3 is 6.09 Å². The predicted octanol–water partition coefficient (Wildman–Crippen LogP) is 3.57. The Morgan fingerprint density at radius 2 is 1.64 bits per heavy atom. The number of nitrogens with one attached hydrogen (secondary N) is 1. The summed E-state index contributed by atoms with van der Waals surface area (Å²) in [6.07, 6.45) is 5.06. The molecule has 0 radical (unpaired) electrons. The second-order valence-electron chi connectivity index (χ2n) is 9.80. The molecule has 0 bridgehead atoms. The van der Waals surface area contributed by atoms with Crippen molar-refractivity contribution in [3.05, 3.63) is 0 Å². The third-order valence-electron chi connectivity index (χ3n) is 6.49. The molecular formula is C20H34N2O3. The fourth-order valence-electron chi connectivity index (χ4n) is 4.79. The van der Waals surface area contributed by atoms with Crippen molar-refractivity contribution >= 4 is 12.0 Å². The Morgan fingerprint density at radius 3 is 2.16 bits per heavy atom. The minimum absolute atomic E-state index is 0.0979. The first-order valence-corrected chi connectivity index (χ1v) is 9.88. The average Bonchev–Trinajstić information content (AvgIpc) is 2.90. The summed E-state index contributed by atoms with van der Waals surface area (Å²) >= 11 is 0. The van der Waals surface area contributed by atoms with E-state index in [4.69, 9.17) is 4.74 Å². The van der Waals surface area contributed by atoms with E-state index in [2.05, 4.69) is 19.2 Å². The lowest BCUT2D eigenvalue weighted by Gasteiger charge is -2.34. The van der Waals surface area contributed by atoms with Crippen LogP contribution >= 0.6 is 0 Å². The van der Waals surface area contributed by atoms with Crippen molar-refractivity contribution in [3.63, 3.8) is 0 Å². The van der Waals surface area contributed by atoms with Gasteiger partial charge in [-0.2, -0.15) is 0 Å². The SMILES string of the molecule is CC(C)(C)OC(=O)N[C@H](C(=O)N1C[C@@H]2[C@H](C1)C2(C)C)C1CCCCC1. The molecule has 0 unspecified atom stereocenters. The number of hydrogen-bond acceptors (Lipinski definition) is 3. The molecule has 1 saturated heterocycles. The van der Waals surface area contributed by atoms with E-state index in [1.165, 1.54) is 6.42 Å². The predicted molar refractivity (Wildman–Crippen MR) is 97.1 cm³/mol. The first kappa shape index (κ1) is 18.5. The van der Waals surface area contributed by atoms with E-state index < -0.39 is 17.7 Å². The van der Waals surface area contributed by atoms with Crippen LogP contribution in [0.4, 0.5) is 4.79 Å². The van der Waals surface area contributed by atoms with E-state index in [1.54, 1.807) is 0 Å². The lowest BCUT2D eigenvalue weighted by molar-refractivity contribution is -0.135. The van der Waals surface area contributed by atoms with Crippen LogP contribution in [0, 0.1) is 23.2 Å². The smallest absolute Gasteiger partial charge is 0.408 e. The summed E-state index contributed by atoms with van der Waals surface area (Å²) in [6.45, 7) is 11.8. The van der Waals surface area contributed by atoms with Crippen molar-refractivity contribution in [1.82, 2.24) is 10.2 Å². The van der Waals surface area contributed by atoms with Crippen LogP contribution in [0.15, 0.2) is 0 Å². The Morgan fingerprint density at radius 1 is 1.08 bits per heavy atom. The number of rotatable bonds is 3. The number of fused-ring (bicyclic) bond motifs is 1. The Kier molecular flexibility index (Phi) is 4.80. The molecule has 2 amide bonds. The van der Waals surface area contributed by atoms with Gasteiger partial charge in [-0.15, -0.1) is 0 Å². The van der Waals surface area contributed by atoms with Gasteiger partial charge in [0.1, 0.15) is 11.6 Å². The van der Waals surface area contributed by atoms with Crippen molar-refractivity contribution in [2.24, 2.45) is 23.2 Å². The average molecular weight is 351 g/mol. The third kappa shape index (κ3) is 3.95. The number of carbonyl (C=O) groups is 2. The van der Waals surface area contributed by atoms with Gasteiger partial charge in [-0.05, 0) is 56.8 Å². The van der Waals surface area contributed by atoms with Crippen molar-refractivity contribution in [2.75, 3.05) is 13.1 Å². The number of likely N-dealkylation sites (tertiary alicyclic amines) is 1. The van der Waals surface area contributed by atoms with Gasteiger partial charge in [0.05, 0.1) is 0 Å². The minimum atomic E-state index is -0.552. The highest BCUT2D eigenvalue weighted by Crippen LogP contribution is 2.62. The van der Waals surface area contributed by atoms with E-state index in [0.717, 1.165) is 38.8 Å². The molecule has 0 aromatic heterocycles. The van der Waals surface area contributed by atoms with E-state index >= 15 is 0 Å². The first-order valence-electron chi connectivity index (χ1n) is 9.88. The Balaban J connectivity index is 1.66. The van der Waals surface area contributed by atoms with Gasteiger partial charge in [0.25, 0.3) is 0 Å². The molecule has 5 nitrogen and oxygen atoms in total. The standard InChI is InChI=1S/C20H34N2O3/c1-19(2,3)25-18(24)21-16(13-9-7-6-8-10-13)17(23)22-11-14-15(12-22)20(14,4)5/h13-16H,6-12H2,1-5H3,(H,21,24)/t14-,15+,16-/m0/s1. The zero-order chi connectivity index (χ0) is 18.4. The third-order valence-corrected chi connectivity index (χ3v) is 6.49. The fourth-order valence-corrected chi connectivity index (χ4v) is 4.79. The molecule has 2 saturated carbocycles. The zero-order valence-corrected chi connectivity index (χ0v) is 16.4.